The van der Waals surface area contributed by atoms with Crippen molar-refractivity contribution in [2.24, 2.45) is 0 Å². The van der Waals surface area contributed by atoms with E-state index < -0.39 is 5.82 Å². The molecule has 6 nitrogen and oxygen atoms in total. The van der Waals surface area contributed by atoms with Crippen LogP contribution in [-0.4, -0.2) is 47.2 Å². The van der Waals surface area contributed by atoms with Gasteiger partial charge in [0.05, 0.1) is 12.6 Å². The zero-order valence-corrected chi connectivity index (χ0v) is 13.9. The number of nitrogens with zero attached hydrogens (tertiary/aromatic N) is 2. The molecule has 1 saturated heterocycles. The number of carbonyl (C=O) groups excluding carboxylic acids is 1. The van der Waals surface area contributed by atoms with Gasteiger partial charge in [0.25, 0.3) is 11.8 Å². The van der Waals surface area contributed by atoms with Gasteiger partial charge in [0.1, 0.15) is 18.0 Å². The van der Waals surface area contributed by atoms with Crippen molar-refractivity contribution < 1.29 is 23.1 Å². The van der Waals surface area contributed by atoms with E-state index in [2.05, 4.69) is 4.98 Å². The molecule has 1 aliphatic carbocycles. The van der Waals surface area contributed by atoms with Crippen molar-refractivity contribution in [3.63, 3.8) is 0 Å². The van der Waals surface area contributed by atoms with Gasteiger partial charge in [-0.25, -0.2) is 9.37 Å². The highest BCUT2D eigenvalue weighted by Gasteiger charge is 2.46. The van der Waals surface area contributed by atoms with Crippen molar-refractivity contribution in [3.8, 4) is 5.88 Å². The first-order valence-electron chi connectivity index (χ1n) is 8.39. The van der Waals surface area contributed by atoms with Gasteiger partial charge in [-0.3, -0.25) is 4.79 Å². The first-order chi connectivity index (χ1) is 12.1. The van der Waals surface area contributed by atoms with E-state index in [1.54, 1.807) is 24.0 Å². The fraction of sp³-hybridized carbons (Fsp3) is 0.444. The minimum Gasteiger partial charge on any atom is -0.469 e. The van der Waals surface area contributed by atoms with Gasteiger partial charge in [0.2, 0.25) is 0 Å². The summed E-state index contributed by atoms with van der Waals surface area (Å²) >= 11 is 0. The van der Waals surface area contributed by atoms with E-state index in [9.17, 15) is 9.18 Å². The minimum absolute atomic E-state index is 0.0261. The Morgan fingerprint density at radius 3 is 3.00 bits per heavy atom. The Bertz CT molecular complexity index is 778. The average Bonchev–Trinajstić information content (AvgIpc) is 3.23. The first kappa shape index (κ1) is 16.1. The van der Waals surface area contributed by atoms with Crippen LogP contribution in [0.4, 0.5) is 4.39 Å². The Morgan fingerprint density at radius 2 is 2.24 bits per heavy atom. The smallest absolute Gasteiger partial charge is 0.289 e. The highest BCUT2D eigenvalue weighted by Crippen LogP contribution is 2.34. The number of halogens is 1. The Hall–Kier alpha value is -2.41. The lowest BCUT2D eigenvalue weighted by molar-refractivity contribution is -0.0804. The molecular weight excluding hydrogens is 327 g/mol. The molecule has 2 aliphatic rings. The van der Waals surface area contributed by atoms with Crippen LogP contribution >= 0.6 is 0 Å². The fourth-order valence-corrected chi connectivity index (χ4v) is 3.59. The number of morpholine rings is 1. The molecular formula is C18H19FN2O4. The lowest BCUT2D eigenvalue weighted by atomic mass is 10.1. The lowest BCUT2D eigenvalue weighted by Gasteiger charge is -2.38. The van der Waals surface area contributed by atoms with Gasteiger partial charge in [-0.2, -0.15) is 0 Å². The topological polar surface area (TPSA) is 64.8 Å². The Labute approximate surface area is 144 Å². The molecule has 1 saturated carbocycles. The maximum absolute atomic E-state index is 13.8. The maximum atomic E-state index is 13.8. The molecule has 0 bridgehead atoms. The summed E-state index contributed by atoms with van der Waals surface area (Å²) in [5.41, 5.74) is 0. The summed E-state index contributed by atoms with van der Waals surface area (Å²) < 4.78 is 30.8. The molecule has 2 aromatic rings. The van der Waals surface area contributed by atoms with Crippen molar-refractivity contribution in [2.75, 3.05) is 13.2 Å². The van der Waals surface area contributed by atoms with Crippen molar-refractivity contribution in [3.05, 3.63) is 47.8 Å². The number of rotatable bonds is 3. The van der Waals surface area contributed by atoms with Gasteiger partial charge in [-0.1, -0.05) is 0 Å². The van der Waals surface area contributed by atoms with Crippen molar-refractivity contribution in [1.29, 1.82) is 0 Å². The number of carbonyl (C=O) groups is 1. The summed E-state index contributed by atoms with van der Waals surface area (Å²) in [7, 11) is 0. The summed E-state index contributed by atoms with van der Waals surface area (Å²) in [5, 5.41) is 0. The molecule has 0 N–H and O–H groups in total. The maximum Gasteiger partial charge on any atom is 0.289 e. The largest absolute Gasteiger partial charge is 0.469 e. The first-order valence-corrected chi connectivity index (χ1v) is 8.39. The van der Waals surface area contributed by atoms with E-state index >= 15 is 0 Å². The Kier molecular flexibility index (Phi) is 4.17. The number of hydrogen-bond donors (Lipinski definition) is 0. The molecule has 132 valence electrons. The van der Waals surface area contributed by atoms with Crippen LogP contribution in [0.2, 0.25) is 0 Å². The Balaban J connectivity index is 1.50. The van der Waals surface area contributed by atoms with Crippen LogP contribution in [0.15, 0.2) is 34.9 Å². The highest BCUT2D eigenvalue weighted by atomic mass is 19.1. The van der Waals surface area contributed by atoms with Crippen molar-refractivity contribution in [2.45, 2.75) is 38.0 Å². The van der Waals surface area contributed by atoms with Gasteiger partial charge in [0, 0.05) is 12.7 Å². The summed E-state index contributed by atoms with van der Waals surface area (Å²) in [4.78, 5) is 18.5. The number of aryl methyl sites for hydroxylation is 1. The predicted octanol–water partition coefficient (Wildman–Crippen LogP) is 2.57. The van der Waals surface area contributed by atoms with E-state index in [-0.39, 0.29) is 30.0 Å². The monoisotopic (exact) mass is 346 g/mol. The normalized spacial score (nSPS) is 25.7. The van der Waals surface area contributed by atoms with Crippen LogP contribution in [0.3, 0.4) is 0 Å². The molecule has 25 heavy (non-hydrogen) atoms. The molecule has 0 radical (unpaired) electrons. The number of pyridine rings is 1. The van der Waals surface area contributed by atoms with E-state index in [0.29, 0.717) is 31.1 Å². The Morgan fingerprint density at radius 1 is 1.36 bits per heavy atom. The summed E-state index contributed by atoms with van der Waals surface area (Å²) in [6, 6.07) is 6.18. The third kappa shape index (κ3) is 3.00. The number of amides is 1. The van der Waals surface area contributed by atoms with Crippen LogP contribution in [0, 0.1) is 12.7 Å². The van der Waals surface area contributed by atoms with Gasteiger partial charge in [-0.15, -0.1) is 0 Å². The second-order valence-corrected chi connectivity index (χ2v) is 6.34. The third-order valence-corrected chi connectivity index (χ3v) is 4.74. The van der Waals surface area contributed by atoms with Crippen molar-refractivity contribution >= 4 is 5.91 Å². The second kappa shape index (κ2) is 6.48. The average molecular weight is 346 g/mol. The second-order valence-electron chi connectivity index (χ2n) is 6.34. The SMILES string of the molecule is Cc1ccc(C(=O)N2CCO[C@H]3[C@H]2CC[C@H]3Oc2ncccc2F)o1. The third-order valence-electron chi connectivity index (χ3n) is 4.74. The zero-order chi connectivity index (χ0) is 17.4. The molecule has 0 spiro atoms. The standard InChI is InChI=1S/C18H19FN2O4/c1-11-4-6-15(24-11)18(22)21-9-10-23-16-13(21)5-7-14(16)25-17-12(19)3-2-8-20-17/h2-4,6,8,13-14,16H,5,7,9-10H2,1H3/t13-,14-,16+/m1/s1. The number of ether oxygens (including phenoxy) is 2. The van der Waals surface area contributed by atoms with E-state index in [1.807, 2.05) is 0 Å². The number of aromatic nitrogens is 1. The molecule has 3 heterocycles. The van der Waals surface area contributed by atoms with E-state index in [1.165, 1.54) is 18.3 Å². The molecule has 7 heteroatoms. The van der Waals surface area contributed by atoms with Crippen LogP contribution in [-0.2, 0) is 4.74 Å². The highest BCUT2D eigenvalue weighted by molar-refractivity contribution is 5.92. The van der Waals surface area contributed by atoms with E-state index in [0.717, 1.165) is 6.42 Å². The molecule has 3 atom stereocenters. The number of furan rings is 1. The number of fused-ring (bicyclic) bond motifs is 1. The van der Waals surface area contributed by atoms with Gasteiger partial charge >= 0.3 is 0 Å². The van der Waals surface area contributed by atoms with Crippen LogP contribution in [0.5, 0.6) is 5.88 Å². The quantitative estimate of drug-likeness (QED) is 0.855. The van der Waals surface area contributed by atoms with Gasteiger partial charge in [-0.05, 0) is 44.0 Å². The lowest BCUT2D eigenvalue weighted by Crippen LogP contribution is -2.54. The predicted molar refractivity (Wildman–Crippen MR) is 85.9 cm³/mol. The molecule has 1 aliphatic heterocycles. The van der Waals surface area contributed by atoms with Crippen LogP contribution in [0.1, 0.15) is 29.2 Å². The van der Waals surface area contributed by atoms with Crippen LogP contribution in [0.25, 0.3) is 0 Å². The summed E-state index contributed by atoms with van der Waals surface area (Å²) in [6.45, 7) is 2.72. The van der Waals surface area contributed by atoms with E-state index in [4.69, 9.17) is 13.9 Å². The number of hydrogen-bond acceptors (Lipinski definition) is 5. The van der Waals surface area contributed by atoms with Gasteiger partial charge < -0.3 is 18.8 Å². The molecule has 2 aromatic heterocycles. The molecule has 2 fully saturated rings. The minimum atomic E-state index is -0.499. The fourth-order valence-electron chi connectivity index (χ4n) is 3.59. The molecule has 0 unspecified atom stereocenters. The van der Waals surface area contributed by atoms with Crippen LogP contribution < -0.4 is 4.74 Å². The molecule has 0 aromatic carbocycles. The molecule has 1 amide bonds. The van der Waals surface area contributed by atoms with Gasteiger partial charge in [0.15, 0.2) is 11.6 Å². The zero-order valence-electron chi connectivity index (χ0n) is 13.9. The summed E-state index contributed by atoms with van der Waals surface area (Å²) in [6.07, 6.45) is 2.27. The summed E-state index contributed by atoms with van der Waals surface area (Å²) in [5.74, 6) is 0.364. The molecule has 4 rings (SSSR count). The van der Waals surface area contributed by atoms with Crippen molar-refractivity contribution in [1.82, 2.24) is 9.88 Å².